The largest absolute Gasteiger partial charge is 0.478 e. The predicted molar refractivity (Wildman–Crippen MR) is 118 cm³/mol. The molecular formula is C25H27NO4. The first-order valence-electron chi connectivity index (χ1n) is 9.72. The molecule has 3 rings (SSSR count). The first-order valence-corrected chi connectivity index (χ1v) is 9.72. The van der Waals surface area contributed by atoms with Crippen LogP contribution in [0.2, 0.25) is 0 Å². The molecule has 0 unspecified atom stereocenters. The molecule has 2 atom stereocenters. The SMILES string of the molecule is Cc1ccc([C@H](C)N[C@@H](C)c2ccccc2)cc1.O=C(O)c1ccccc1C(=O)O. The van der Waals surface area contributed by atoms with Crippen LogP contribution in [0.15, 0.2) is 78.9 Å². The van der Waals surface area contributed by atoms with Crippen molar-refractivity contribution in [3.05, 3.63) is 107 Å². The van der Waals surface area contributed by atoms with Crippen molar-refractivity contribution in [2.45, 2.75) is 32.9 Å². The van der Waals surface area contributed by atoms with Crippen molar-refractivity contribution in [2.75, 3.05) is 0 Å². The molecule has 0 fully saturated rings. The summed E-state index contributed by atoms with van der Waals surface area (Å²) < 4.78 is 0. The number of hydrogen-bond acceptors (Lipinski definition) is 3. The maximum Gasteiger partial charge on any atom is 0.336 e. The smallest absolute Gasteiger partial charge is 0.336 e. The Morgan fingerprint density at radius 3 is 1.50 bits per heavy atom. The van der Waals surface area contributed by atoms with E-state index < -0.39 is 11.9 Å². The van der Waals surface area contributed by atoms with Crippen LogP contribution in [0.5, 0.6) is 0 Å². The highest BCUT2D eigenvalue weighted by atomic mass is 16.4. The molecule has 0 aliphatic rings. The number of carboxylic acid groups (broad SMARTS) is 2. The summed E-state index contributed by atoms with van der Waals surface area (Å²) in [6.07, 6.45) is 0. The third-order valence-corrected chi connectivity index (χ3v) is 4.76. The topological polar surface area (TPSA) is 86.6 Å². The number of aromatic carboxylic acids is 2. The Labute approximate surface area is 177 Å². The second-order valence-corrected chi connectivity index (χ2v) is 7.09. The number of aryl methyl sites for hydroxylation is 1. The van der Waals surface area contributed by atoms with Crippen LogP contribution in [0.25, 0.3) is 0 Å². The lowest BCUT2D eigenvalue weighted by Gasteiger charge is -2.21. The first-order chi connectivity index (χ1) is 14.3. The van der Waals surface area contributed by atoms with E-state index in [0.717, 1.165) is 0 Å². The van der Waals surface area contributed by atoms with Gasteiger partial charge in [-0.1, -0.05) is 72.3 Å². The van der Waals surface area contributed by atoms with Crippen molar-refractivity contribution in [2.24, 2.45) is 0 Å². The number of carbonyl (C=O) groups is 2. The molecule has 30 heavy (non-hydrogen) atoms. The zero-order valence-electron chi connectivity index (χ0n) is 17.4. The molecule has 0 bridgehead atoms. The van der Waals surface area contributed by atoms with Gasteiger partial charge < -0.3 is 15.5 Å². The molecule has 0 aromatic heterocycles. The number of nitrogens with one attached hydrogen (secondary N) is 1. The lowest BCUT2D eigenvalue weighted by Crippen LogP contribution is -2.22. The van der Waals surface area contributed by atoms with Gasteiger partial charge in [0, 0.05) is 12.1 Å². The van der Waals surface area contributed by atoms with Crippen LogP contribution in [0.4, 0.5) is 0 Å². The Kier molecular flexibility index (Phi) is 8.32. The second kappa shape index (κ2) is 10.9. The molecule has 0 spiro atoms. The maximum absolute atomic E-state index is 10.5. The molecule has 0 saturated heterocycles. The third kappa shape index (κ3) is 6.57. The van der Waals surface area contributed by atoms with Gasteiger partial charge in [0.1, 0.15) is 0 Å². The number of benzene rings is 3. The van der Waals surface area contributed by atoms with Gasteiger partial charge in [-0.25, -0.2) is 9.59 Å². The highest BCUT2D eigenvalue weighted by molar-refractivity contribution is 6.01. The maximum atomic E-state index is 10.5. The Balaban J connectivity index is 0.000000232. The minimum atomic E-state index is -1.23. The highest BCUT2D eigenvalue weighted by Crippen LogP contribution is 2.19. The summed E-state index contributed by atoms with van der Waals surface area (Å²) >= 11 is 0. The number of rotatable bonds is 6. The van der Waals surface area contributed by atoms with E-state index in [9.17, 15) is 9.59 Å². The molecule has 0 saturated carbocycles. The van der Waals surface area contributed by atoms with Crippen molar-refractivity contribution in [1.29, 1.82) is 0 Å². The average Bonchev–Trinajstić information content (AvgIpc) is 2.75. The Bertz CT molecular complexity index is 935. The third-order valence-electron chi connectivity index (χ3n) is 4.76. The summed E-state index contributed by atoms with van der Waals surface area (Å²) in [5.74, 6) is -2.46. The molecule has 0 amide bonds. The standard InChI is InChI=1S/C17H21N.C8H6O4/c1-13-9-11-17(12-10-13)15(3)18-14(2)16-7-5-4-6-8-16;9-7(10)5-3-1-2-4-6(5)8(11)12/h4-12,14-15,18H,1-3H3;1-4H,(H,9,10)(H,11,12)/t14-,15-;/m0./s1. The Hall–Kier alpha value is -3.44. The van der Waals surface area contributed by atoms with E-state index >= 15 is 0 Å². The van der Waals surface area contributed by atoms with Crippen molar-refractivity contribution in [3.8, 4) is 0 Å². The van der Waals surface area contributed by atoms with E-state index in [-0.39, 0.29) is 11.1 Å². The lowest BCUT2D eigenvalue weighted by atomic mass is 10.0. The fourth-order valence-corrected chi connectivity index (χ4v) is 3.02. The molecule has 3 aromatic carbocycles. The lowest BCUT2D eigenvalue weighted by molar-refractivity contribution is 0.0651. The van der Waals surface area contributed by atoms with Crippen molar-refractivity contribution in [1.82, 2.24) is 5.32 Å². The summed E-state index contributed by atoms with van der Waals surface area (Å²) in [7, 11) is 0. The van der Waals surface area contributed by atoms with Crippen LogP contribution in [-0.2, 0) is 0 Å². The minimum absolute atomic E-state index is 0.190. The molecular weight excluding hydrogens is 378 g/mol. The first kappa shape index (κ1) is 22.8. The van der Waals surface area contributed by atoms with Gasteiger partial charge in [-0.05, 0) is 44.0 Å². The number of hydrogen-bond donors (Lipinski definition) is 3. The predicted octanol–water partition coefficient (Wildman–Crippen LogP) is 5.49. The van der Waals surface area contributed by atoms with Gasteiger partial charge in [-0.15, -0.1) is 0 Å². The molecule has 0 aliphatic heterocycles. The second-order valence-electron chi connectivity index (χ2n) is 7.09. The summed E-state index contributed by atoms with van der Waals surface area (Å²) in [5, 5.41) is 20.7. The van der Waals surface area contributed by atoms with Crippen molar-refractivity contribution < 1.29 is 19.8 Å². The monoisotopic (exact) mass is 405 g/mol. The number of carboxylic acids is 2. The van der Waals surface area contributed by atoms with Crippen molar-refractivity contribution in [3.63, 3.8) is 0 Å². The zero-order valence-corrected chi connectivity index (χ0v) is 17.4. The van der Waals surface area contributed by atoms with Crippen LogP contribution in [0.3, 0.4) is 0 Å². The van der Waals surface area contributed by atoms with Gasteiger partial charge in [0.2, 0.25) is 0 Å². The molecule has 0 radical (unpaired) electrons. The summed E-state index contributed by atoms with van der Waals surface area (Å²) in [6, 6.07) is 25.5. The van der Waals surface area contributed by atoms with E-state index in [4.69, 9.17) is 10.2 Å². The van der Waals surface area contributed by atoms with Crippen molar-refractivity contribution >= 4 is 11.9 Å². The Morgan fingerprint density at radius 1 is 0.667 bits per heavy atom. The van der Waals surface area contributed by atoms with E-state index in [1.807, 2.05) is 0 Å². The average molecular weight is 405 g/mol. The van der Waals surface area contributed by atoms with E-state index in [0.29, 0.717) is 12.1 Å². The van der Waals surface area contributed by atoms with Crippen LogP contribution < -0.4 is 5.32 Å². The molecule has 0 heterocycles. The van der Waals surface area contributed by atoms with Gasteiger partial charge in [0.25, 0.3) is 0 Å². The van der Waals surface area contributed by atoms with E-state index in [2.05, 4.69) is 80.7 Å². The van der Waals surface area contributed by atoms with Gasteiger partial charge >= 0.3 is 11.9 Å². The zero-order chi connectivity index (χ0) is 22.1. The molecule has 3 aromatic rings. The minimum Gasteiger partial charge on any atom is -0.478 e. The van der Waals surface area contributed by atoms with Gasteiger partial charge in [-0.3, -0.25) is 0 Å². The molecule has 5 nitrogen and oxygen atoms in total. The van der Waals surface area contributed by atoms with Crippen LogP contribution in [-0.4, -0.2) is 22.2 Å². The summed E-state index contributed by atoms with van der Waals surface area (Å²) in [4.78, 5) is 20.9. The summed E-state index contributed by atoms with van der Waals surface area (Å²) in [5.41, 5.74) is 3.59. The summed E-state index contributed by atoms with van der Waals surface area (Å²) in [6.45, 7) is 6.54. The van der Waals surface area contributed by atoms with Gasteiger partial charge in [0.15, 0.2) is 0 Å². The Morgan fingerprint density at radius 2 is 1.07 bits per heavy atom. The molecule has 0 aliphatic carbocycles. The van der Waals surface area contributed by atoms with Gasteiger partial charge in [0.05, 0.1) is 11.1 Å². The van der Waals surface area contributed by atoms with Gasteiger partial charge in [-0.2, -0.15) is 0 Å². The fourth-order valence-electron chi connectivity index (χ4n) is 3.02. The molecule has 3 N–H and O–H groups in total. The highest BCUT2D eigenvalue weighted by Gasteiger charge is 2.13. The molecule has 156 valence electrons. The normalized spacial score (nSPS) is 12.2. The fraction of sp³-hybridized carbons (Fsp3) is 0.200. The molecule has 5 heteroatoms. The van der Waals surface area contributed by atoms with Crippen LogP contribution in [0.1, 0.15) is 63.3 Å². The quantitative estimate of drug-likeness (QED) is 0.505. The van der Waals surface area contributed by atoms with Crippen LogP contribution in [0, 0.1) is 6.92 Å². The van der Waals surface area contributed by atoms with Crippen LogP contribution >= 0.6 is 0 Å². The van der Waals surface area contributed by atoms with E-state index in [1.165, 1.54) is 41.0 Å². The van der Waals surface area contributed by atoms with E-state index in [1.54, 1.807) is 0 Å².